The fraction of sp³-hybridized carbons (Fsp3) is 0.182. The van der Waals surface area contributed by atoms with Gasteiger partial charge in [-0.2, -0.15) is 0 Å². The lowest BCUT2D eigenvalue weighted by Crippen LogP contribution is -2.41. The molecule has 3 heteroatoms. The van der Waals surface area contributed by atoms with Crippen LogP contribution in [0.1, 0.15) is 29.7 Å². The average molecular weight is 347 g/mol. The second-order valence-corrected chi connectivity index (χ2v) is 7.02. The molecule has 0 amide bonds. The Balaban J connectivity index is 2.16. The summed E-state index contributed by atoms with van der Waals surface area (Å²) in [5.74, 6) is 0. The first-order valence-corrected chi connectivity index (χ1v) is 9.25. The van der Waals surface area contributed by atoms with E-state index >= 15 is 0 Å². The predicted octanol–water partition coefficient (Wildman–Crippen LogP) is 5.87. The van der Waals surface area contributed by atoms with Gasteiger partial charge in [-0.15, -0.1) is 0 Å². The van der Waals surface area contributed by atoms with Gasteiger partial charge in [-0.3, -0.25) is 9.46 Å². The van der Waals surface area contributed by atoms with Gasteiger partial charge in [-0.1, -0.05) is 91.0 Å². The van der Waals surface area contributed by atoms with Crippen LogP contribution in [0.25, 0.3) is 0 Å². The molecule has 0 heterocycles. The molecule has 0 radical (unpaired) electrons. The first kappa shape index (κ1) is 17.5. The van der Waals surface area contributed by atoms with Gasteiger partial charge in [-0.05, 0) is 30.7 Å². The minimum atomic E-state index is -0.738. The van der Waals surface area contributed by atoms with E-state index in [0.29, 0.717) is 0 Å². The summed E-state index contributed by atoms with van der Waals surface area (Å²) in [5.41, 5.74) is 3.23. The van der Waals surface area contributed by atoms with Crippen molar-refractivity contribution in [1.82, 2.24) is 4.90 Å². The molecule has 0 unspecified atom stereocenters. The fourth-order valence-electron chi connectivity index (χ4n) is 3.32. The molecule has 0 aliphatic rings. The minimum absolute atomic E-state index is 0.0493. The second-order valence-electron chi connectivity index (χ2n) is 6.19. The first-order chi connectivity index (χ1) is 12.2. The second kappa shape index (κ2) is 7.74. The molecule has 3 aromatic rings. The molecule has 126 valence electrons. The highest BCUT2D eigenvalue weighted by Gasteiger charge is 2.42. The molecule has 0 spiro atoms. The van der Waals surface area contributed by atoms with Crippen molar-refractivity contribution in [3.05, 3.63) is 108 Å². The SMILES string of the molecule is C[C@H](c1ccccc1)N(C)C(P=O)(c1ccccc1)c1ccccc1. The molecule has 0 saturated heterocycles. The fourth-order valence-corrected chi connectivity index (χ4v) is 4.13. The lowest BCUT2D eigenvalue weighted by atomic mass is 9.94. The van der Waals surface area contributed by atoms with Gasteiger partial charge in [-0.25, -0.2) is 0 Å². The van der Waals surface area contributed by atoms with Crippen molar-refractivity contribution in [3.63, 3.8) is 0 Å². The molecule has 1 atom stereocenters. The lowest BCUT2D eigenvalue weighted by molar-refractivity contribution is 0.181. The van der Waals surface area contributed by atoms with Gasteiger partial charge in [0.05, 0.1) is 0 Å². The molecule has 0 N–H and O–H groups in total. The van der Waals surface area contributed by atoms with Crippen LogP contribution in [0.5, 0.6) is 0 Å². The molecular formula is C22H22NOP. The first-order valence-electron chi connectivity index (χ1n) is 8.43. The van der Waals surface area contributed by atoms with E-state index < -0.39 is 5.28 Å². The Morgan fingerprint density at radius 2 is 1.16 bits per heavy atom. The van der Waals surface area contributed by atoms with Gasteiger partial charge in [0.25, 0.3) is 0 Å². The van der Waals surface area contributed by atoms with Crippen LogP contribution in [0.15, 0.2) is 91.0 Å². The smallest absolute Gasteiger partial charge is 0.188 e. The number of hydrogen-bond donors (Lipinski definition) is 0. The molecule has 0 bridgehead atoms. The van der Waals surface area contributed by atoms with Crippen LogP contribution in [0.3, 0.4) is 0 Å². The van der Waals surface area contributed by atoms with E-state index in [1.165, 1.54) is 5.56 Å². The maximum atomic E-state index is 12.7. The van der Waals surface area contributed by atoms with Crippen molar-refractivity contribution in [1.29, 1.82) is 0 Å². The third-order valence-electron chi connectivity index (χ3n) is 4.86. The molecule has 2 nitrogen and oxygen atoms in total. The number of hydrogen-bond acceptors (Lipinski definition) is 2. The van der Waals surface area contributed by atoms with Gasteiger partial charge in [0, 0.05) is 6.04 Å². The van der Waals surface area contributed by atoms with E-state index in [0.717, 1.165) is 11.1 Å². The normalized spacial score (nSPS) is 13.1. The largest absolute Gasteiger partial charge is 0.276 e. The van der Waals surface area contributed by atoms with Crippen molar-refractivity contribution in [2.75, 3.05) is 7.05 Å². The zero-order valence-corrected chi connectivity index (χ0v) is 15.4. The topological polar surface area (TPSA) is 20.3 Å². The summed E-state index contributed by atoms with van der Waals surface area (Å²) in [4.78, 5) is 2.20. The summed E-state index contributed by atoms with van der Waals surface area (Å²) in [7, 11) is 2.09. The molecular weight excluding hydrogens is 325 g/mol. The highest BCUT2D eigenvalue weighted by atomic mass is 31.1. The van der Waals surface area contributed by atoms with Gasteiger partial charge < -0.3 is 0 Å². The van der Waals surface area contributed by atoms with E-state index in [1.807, 2.05) is 85.9 Å². The summed E-state index contributed by atoms with van der Waals surface area (Å²) < 4.78 is 12.7. The Morgan fingerprint density at radius 3 is 1.56 bits per heavy atom. The third-order valence-corrected chi connectivity index (χ3v) is 5.95. The predicted molar refractivity (Wildman–Crippen MR) is 104 cm³/mol. The summed E-state index contributed by atoms with van der Waals surface area (Å²) in [6.45, 7) is 2.15. The molecule has 0 saturated carbocycles. The molecule has 0 fully saturated rings. The van der Waals surface area contributed by atoms with Crippen molar-refractivity contribution in [2.24, 2.45) is 0 Å². The van der Waals surface area contributed by atoms with E-state index in [9.17, 15) is 4.57 Å². The van der Waals surface area contributed by atoms with Gasteiger partial charge >= 0.3 is 0 Å². The summed E-state index contributed by atoms with van der Waals surface area (Å²) >= 11 is 0. The Hall–Kier alpha value is -2.28. The summed E-state index contributed by atoms with van der Waals surface area (Å²) in [5, 5.41) is -0.738. The van der Waals surface area contributed by atoms with Crippen LogP contribution in [-0.2, 0) is 9.85 Å². The van der Waals surface area contributed by atoms with Crippen LogP contribution in [0, 0.1) is 0 Å². The number of benzene rings is 3. The zero-order valence-electron chi connectivity index (χ0n) is 14.5. The molecule has 25 heavy (non-hydrogen) atoms. The third kappa shape index (κ3) is 3.28. The van der Waals surface area contributed by atoms with Crippen molar-refractivity contribution in [3.8, 4) is 0 Å². The standard InChI is InChI=1S/C22H22NOP/c1-18(19-12-6-3-7-13-19)23(2)22(25-24,20-14-8-4-9-15-20)21-16-10-5-11-17-21/h3-18H,1-2H3/t18-/m1/s1. The van der Waals surface area contributed by atoms with Crippen LogP contribution >= 0.6 is 8.46 Å². The molecule has 3 aromatic carbocycles. The highest BCUT2D eigenvalue weighted by Crippen LogP contribution is 2.47. The molecule has 3 rings (SSSR count). The average Bonchev–Trinajstić information content (AvgIpc) is 2.70. The van der Waals surface area contributed by atoms with Gasteiger partial charge in [0.15, 0.2) is 13.7 Å². The summed E-state index contributed by atoms with van der Waals surface area (Å²) in [6.07, 6.45) is 0. The minimum Gasteiger partial charge on any atom is -0.276 e. The van der Waals surface area contributed by atoms with Crippen molar-refractivity contribution < 1.29 is 4.57 Å². The quantitative estimate of drug-likeness (QED) is 0.520. The maximum Gasteiger partial charge on any atom is 0.188 e. The van der Waals surface area contributed by atoms with Crippen LogP contribution < -0.4 is 0 Å². The van der Waals surface area contributed by atoms with Crippen LogP contribution in [0.4, 0.5) is 0 Å². The van der Waals surface area contributed by atoms with E-state index in [-0.39, 0.29) is 14.5 Å². The van der Waals surface area contributed by atoms with Gasteiger partial charge in [0.1, 0.15) is 0 Å². The molecule has 0 aliphatic carbocycles. The Bertz CT molecular complexity index is 766. The Labute approximate surface area is 151 Å². The van der Waals surface area contributed by atoms with E-state index in [1.54, 1.807) is 0 Å². The Kier molecular flexibility index (Phi) is 5.43. The van der Waals surface area contributed by atoms with Crippen molar-refractivity contribution >= 4 is 8.46 Å². The van der Waals surface area contributed by atoms with Crippen molar-refractivity contribution in [2.45, 2.75) is 18.2 Å². The monoisotopic (exact) mass is 347 g/mol. The van der Waals surface area contributed by atoms with E-state index in [2.05, 4.69) is 24.0 Å². The number of nitrogens with zero attached hydrogens (tertiary/aromatic N) is 1. The number of rotatable bonds is 6. The van der Waals surface area contributed by atoms with Gasteiger partial charge in [0.2, 0.25) is 0 Å². The van der Waals surface area contributed by atoms with Crippen LogP contribution in [0.2, 0.25) is 0 Å². The maximum absolute atomic E-state index is 12.7. The molecule has 0 aliphatic heterocycles. The van der Waals surface area contributed by atoms with Crippen LogP contribution in [-0.4, -0.2) is 11.9 Å². The zero-order chi connectivity index (χ0) is 17.7. The molecule has 0 aromatic heterocycles. The lowest BCUT2D eigenvalue weighted by Gasteiger charge is -2.41. The Morgan fingerprint density at radius 1 is 0.760 bits per heavy atom. The highest BCUT2D eigenvalue weighted by molar-refractivity contribution is 7.25. The summed E-state index contributed by atoms with van der Waals surface area (Å²) in [6, 6.07) is 30.6. The van der Waals surface area contributed by atoms with E-state index in [4.69, 9.17) is 0 Å².